The van der Waals surface area contributed by atoms with E-state index < -0.39 is 11.6 Å². The normalized spacial score (nSPS) is 18.6. The lowest BCUT2D eigenvalue weighted by atomic mass is 9.90. The summed E-state index contributed by atoms with van der Waals surface area (Å²) in [5.74, 6) is -1.86. The minimum absolute atomic E-state index is 0.00977. The summed E-state index contributed by atoms with van der Waals surface area (Å²) in [6.45, 7) is 8.04. The second kappa shape index (κ2) is 13.9. The number of carbonyl (C=O) groups is 2. The summed E-state index contributed by atoms with van der Waals surface area (Å²) in [5.41, 5.74) is 5.64. The Balaban J connectivity index is 1.46. The fraction of sp³-hybridized carbons (Fsp3) is 0.333. The molecule has 2 amide bonds. The zero-order valence-electron chi connectivity index (χ0n) is 29.7. The van der Waals surface area contributed by atoms with Crippen LogP contribution >= 0.6 is 11.3 Å². The SMILES string of the molecule is C=CC(=O)N1C[C@H](C)n2nc(-c3nc(-c4ccc5c(c4)CN(C)[C@H](C(=O)N(C)C)C5)c4ccsc4c3-c3c(F)cc(F)cc3OCCO)cc2[C@H]1C. The summed E-state index contributed by atoms with van der Waals surface area (Å²) in [6, 6.07) is 11.1. The molecule has 3 aromatic heterocycles. The van der Waals surface area contributed by atoms with Crippen LogP contribution in [-0.4, -0.2) is 93.3 Å². The molecule has 1 N–H and O–H groups in total. The quantitative estimate of drug-likeness (QED) is 0.189. The van der Waals surface area contributed by atoms with Gasteiger partial charge in [0.05, 0.1) is 41.7 Å². The first-order chi connectivity index (χ1) is 24.9. The summed E-state index contributed by atoms with van der Waals surface area (Å²) < 4.78 is 39.2. The Labute approximate surface area is 304 Å². The molecule has 2 aromatic carbocycles. The molecular formula is C39H40F2N6O4S. The molecule has 0 radical (unpaired) electrons. The second-order valence-electron chi connectivity index (χ2n) is 13.7. The number of rotatable bonds is 8. The fourth-order valence-electron chi connectivity index (χ4n) is 7.43. The van der Waals surface area contributed by atoms with E-state index in [1.807, 2.05) is 55.2 Å². The van der Waals surface area contributed by atoms with Crippen molar-refractivity contribution in [3.05, 3.63) is 89.0 Å². The fourth-order valence-corrected chi connectivity index (χ4v) is 8.38. The van der Waals surface area contributed by atoms with E-state index in [-0.39, 0.29) is 54.5 Å². The van der Waals surface area contributed by atoms with Gasteiger partial charge in [0.1, 0.15) is 35.4 Å². The highest BCUT2D eigenvalue weighted by atomic mass is 32.1. The molecule has 0 saturated heterocycles. The van der Waals surface area contributed by atoms with Crippen LogP contribution in [0.4, 0.5) is 8.78 Å². The van der Waals surface area contributed by atoms with Gasteiger partial charge in [-0.25, -0.2) is 13.8 Å². The largest absolute Gasteiger partial charge is 0.490 e. The predicted molar refractivity (Wildman–Crippen MR) is 197 cm³/mol. The maximum Gasteiger partial charge on any atom is 0.246 e. The third-order valence-electron chi connectivity index (χ3n) is 10.0. The van der Waals surface area contributed by atoms with Crippen LogP contribution in [0.5, 0.6) is 5.75 Å². The number of amides is 2. The number of thiophene rings is 1. The number of hydrogen-bond donors (Lipinski definition) is 1. The number of fused-ring (bicyclic) bond motifs is 3. The topological polar surface area (TPSA) is 104 Å². The van der Waals surface area contributed by atoms with Gasteiger partial charge in [-0.2, -0.15) is 5.10 Å². The predicted octanol–water partition coefficient (Wildman–Crippen LogP) is 6.24. The van der Waals surface area contributed by atoms with Crippen LogP contribution in [0.25, 0.3) is 43.9 Å². The first kappa shape index (κ1) is 35.4. The lowest BCUT2D eigenvalue weighted by Gasteiger charge is -2.36. The zero-order valence-corrected chi connectivity index (χ0v) is 30.5. The van der Waals surface area contributed by atoms with E-state index in [9.17, 15) is 19.1 Å². The van der Waals surface area contributed by atoms with Gasteiger partial charge in [-0.05, 0) is 68.1 Å². The molecule has 5 aromatic rings. The maximum atomic E-state index is 16.2. The molecule has 0 spiro atoms. The van der Waals surface area contributed by atoms with E-state index in [2.05, 4.69) is 17.5 Å². The summed E-state index contributed by atoms with van der Waals surface area (Å²) in [6.07, 6.45) is 1.88. The van der Waals surface area contributed by atoms with Crippen LogP contribution < -0.4 is 4.74 Å². The molecule has 5 heterocycles. The number of aliphatic hydroxyl groups excluding tert-OH is 1. The highest BCUT2D eigenvalue weighted by molar-refractivity contribution is 7.18. The van der Waals surface area contributed by atoms with Crippen LogP contribution in [0.1, 0.15) is 42.8 Å². The van der Waals surface area contributed by atoms with E-state index >= 15 is 4.39 Å². The van der Waals surface area contributed by atoms with Crippen molar-refractivity contribution in [1.29, 1.82) is 0 Å². The number of nitrogens with zero attached hydrogens (tertiary/aromatic N) is 6. The van der Waals surface area contributed by atoms with E-state index in [1.165, 1.54) is 17.4 Å². The summed E-state index contributed by atoms with van der Waals surface area (Å²) in [4.78, 5) is 36.4. The van der Waals surface area contributed by atoms with Crippen molar-refractivity contribution in [2.45, 2.75) is 44.9 Å². The molecular weight excluding hydrogens is 687 g/mol. The number of halogens is 2. The highest BCUT2D eigenvalue weighted by Gasteiger charge is 2.35. The Kier molecular flexibility index (Phi) is 9.45. The first-order valence-corrected chi connectivity index (χ1v) is 18.0. The van der Waals surface area contributed by atoms with Crippen molar-refractivity contribution in [3.8, 4) is 39.5 Å². The standard InChI is InChI=1S/C39H40F2N6O4S/c1-7-33(49)46-19-21(2)47-30(22(46)3)18-29(43-47)37-35(34-28(41)16-26(40)17-32(34)51-12-11-48)38-27(10-13-52-38)36(42-37)24-9-8-23-15-31(39(50)44(4)5)45(6)20-25(23)14-24/h7-10,13-14,16-18,21-22,31,48H,1,11-12,15,19-20H2,2-6H3/t21-,22+,31-/m0/s1. The Morgan fingerprint density at radius 3 is 2.62 bits per heavy atom. The van der Waals surface area contributed by atoms with E-state index in [0.717, 1.165) is 39.9 Å². The number of benzene rings is 2. The van der Waals surface area contributed by atoms with Crippen LogP contribution in [0.2, 0.25) is 0 Å². The minimum atomic E-state index is -0.842. The van der Waals surface area contributed by atoms with Gasteiger partial charge in [0.2, 0.25) is 11.8 Å². The van der Waals surface area contributed by atoms with E-state index in [1.54, 1.807) is 23.9 Å². The number of pyridine rings is 1. The molecule has 270 valence electrons. The van der Waals surface area contributed by atoms with Crippen molar-refractivity contribution >= 4 is 33.2 Å². The molecule has 0 saturated carbocycles. The molecule has 52 heavy (non-hydrogen) atoms. The minimum Gasteiger partial charge on any atom is -0.490 e. The van der Waals surface area contributed by atoms with Crippen LogP contribution in [0.3, 0.4) is 0 Å². The third-order valence-corrected chi connectivity index (χ3v) is 11.0. The van der Waals surface area contributed by atoms with Crippen molar-refractivity contribution in [1.82, 2.24) is 29.5 Å². The average molecular weight is 727 g/mol. The van der Waals surface area contributed by atoms with Crippen LogP contribution in [0.15, 0.2) is 60.5 Å². The van der Waals surface area contributed by atoms with Gasteiger partial charge in [-0.1, -0.05) is 18.7 Å². The lowest BCUT2D eigenvalue weighted by molar-refractivity contribution is -0.134. The van der Waals surface area contributed by atoms with Gasteiger partial charge in [0.15, 0.2) is 0 Å². The maximum absolute atomic E-state index is 16.2. The zero-order chi connectivity index (χ0) is 37.0. The smallest absolute Gasteiger partial charge is 0.246 e. The molecule has 7 rings (SSSR count). The molecule has 2 aliphatic heterocycles. The molecule has 13 heteroatoms. The second-order valence-corrected chi connectivity index (χ2v) is 14.6. The van der Waals surface area contributed by atoms with Gasteiger partial charge in [0, 0.05) is 60.5 Å². The average Bonchev–Trinajstić information content (AvgIpc) is 3.80. The van der Waals surface area contributed by atoms with Crippen LogP contribution in [-0.2, 0) is 22.6 Å². The van der Waals surface area contributed by atoms with Gasteiger partial charge in [-0.3, -0.25) is 19.2 Å². The highest BCUT2D eigenvalue weighted by Crippen LogP contribution is 2.48. The van der Waals surface area contributed by atoms with E-state index in [4.69, 9.17) is 14.8 Å². The molecule has 2 aliphatic rings. The van der Waals surface area contributed by atoms with Crippen molar-refractivity contribution in [2.24, 2.45) is 0 Å². The summed E-state index contributed by atoms with van der Waals surface area (Å²) in [5, 5.41) is 17.2. The Morgan fingerprint density at radius 1 is 1.10 bits per heavy atom. The Bertz CT molecular complexity index is 2230. The van der Waals surface area contributed by atoms with Gasteiger partial charge in [0.25, 0.3) is 0 Å². The molecule has 0 unspecified atom stereocenters. The van der Waals surface area contributed by atoms with Gasteiger partial charge >= 0.3 is 0 Å². The van der Waals surface area contributed by atoms with Crippen molar-refractivity contribution < 1.29 is 28.2 Å². The molecule has 10 nitrogen and oxygen atoms in total. The summed E-state index contributed by atoms with van der Waals surface area (Å²) in [7, 11) is 5.48. The Hall–Kier alpha value is -4.98. The third kappa shape index (κ3) is 6.06. The monoisotopic (exact) mass is 726 g/mol. The van der Waals surface area contributed by atoms with E-state index in [0.29, 0.717) is 46.9 Å². The molecule has 0 fully saturated rings. The number of carbonyl (C=O) groups excluding carboxylic acids is 2. The molecule has 0 aliphatic carbocycles. The summed E-state index contributed by atoms with van der Waals surface area (Å²) >= 11 is 1.40. The van der Waals surface area contributed by atoms with Gasteiger partial charge in [-0.15, -0.1) is 11.3 Å². The first-order valence-electron chi connectivity index (χ1n) is 17.1. The number of hydrogen-bond acceptors (Lipinski definition) is 8. The van der Waals surface area contributed by atoms with Crippen molar-refractivity contribution in [3.63, 3.8) is 0 Å². The van der Waals surface area contributed by atoms with Gasteiger partial charge < -0.3 is 19.6 Å². The Morgan fingerprint density at radius 2 is 1.88 bits per heavy atom. The number of ether oxygens (including phenoxy) is 1. The van der Waals surface area contributed by atoms with Crippen molar-refractivity contribution in [2.75, 3.05) is 40.9 Å². The number of likely N-dealkylation sites (N-methyl/N-ethyl adjacent to an activating group) is 2. The van der Waals surface area contributed by atoms with Crippen LogP contribution in [0, 0.1) is 11.6 Å². The molecule has 3 atom stereocenters. The number of aromatic nitrogens is 3. The lowest BCUT2D eigenvalue weighted by Crippen LogP contribution is -2.48. The molecule has 0 bridgehead atoms. The number of aliphatic hydroxyl groups is 1.